The zero-order valence-corrected chi connectivity index (χ0v) is 16.6. The van der Waals surface area contributed by atoms with Crippen molar-refractivity contribution in [2.45, 2.75) is 33.1 Å². The van der Waals surface area contributed by atoms with E-state index in [0.29, 0.717) is 23.3 Å². The molecule has 1 aliphatic heterocycles. The third kappa shape index (κ3) is 3.35. The number of Topliss-reactive ketones (excluding diaryl/α,β-unsaturated/α-hetero) is 1. The summed E-state index contributed by atoms with van der Waals surface area (Å²) in [7, 11) is 1.29. The summed E-state index contributed by atoms with van der Waals surface area (Å²) in [4.78, 5) is 38.5. The van der Waals surface area contributed by atoms with Crippen LogP contribution in [0.25, 0.3) is 0 Å². The fraction of sp³-hybridized carbons (Fsp3) is 0.409. The third-order valence-corrected chi connectivity index (χ3v) is 5.37. The van der Waals surface area contributed by atoms with Crippen molar-refractivity contribution in [1.82, 2.24) is 5.32 Å². The first-order valence-electron chi connectivity index (χ1n) is 9.45. The lowest BCUT2D eigenvalue weighted by Crippen LogP contribution is -2.43. The second-order valence-electron chi connectivity index (χ2n) is 7.17. The molecule has 1 aromatic carbocycles. The Hall–Kier alpha value is -2.89. The van der Waals surface area contributed by atoms with Crippen LogP contribution in [0.3, 0.4) is 0 Å². The maximum atomic E-state index is 13.4. The zero-order chi connectivity index (χ0) is 20.4. The Morgan fingerprint density at radius 1 is 1.21 bits per heavy atom. The molecular formula is C22H25NO5. The summed E-state index contributed by atoms with van der Waals surface area (Å²) < 4.78 is 10.2. The molecule has 1 aromatic rings. The number of ether oxygens (including phenoxy) is 2. The summed E-state index contributed by atoms with van der Waals surface area (Å²) in [5.74, 6) is -2.95. The summed E-state index contributed by atoms with van der Waals surface area (Å²) in [6.45, 7) is 5.65. The number of carbonyl (C=O) groups is 3. The van der Waals surface area contributed by atoms with Crippen molar-refractivity contribution in [3.63, 3.8) is 0 Å². The van der Waals surface area contributed by atoms with Gasteiger partial charge in [0, 0.05) is 22.9 Å². The van der Waals surface area contributed by atoms with Crippen LogP contribution >= 0.6 is 0 Å². The topological polar surface area (TPSA) is 81.7 Å². The molecule has 0 amide bonds. The lowest BCUT2D eigenvalue weighted by molar-refractivity contribution is -0.151. The van der Waals surface area contributed by atoms with Crippen LogP contribution in [-0.2, 0) is 23.9 Å². The highest BCUT2D eigenvalue weighted by Gasteiger charge is 2.47. The highest BCUT2D eigenvalue weighted by atomic mass is 16.5. The molecule has 6 nitrogen and oxygen atoms in total. The van der Waals surface area contributed by atoms with Gasteiger partial charge in [-0.1, -0.05) is 37.3 Å². The van der Waals surface area contributed by atoms with Crippen molar-refractivity contribution < 1.29 is 23.9 Å². The third-order valence-electron chi connectivity index (χ3n) is 5.37. The minimum Gasteiger partial charge on any atom is -0.468 e. The molecule has 6 heteroatoms. The Morgan fingerprint density at radius 3 is 2.50 bits per heavy atom. The number of ketones is 1. The van der Waals surface area contributed by atoms with Gasteiger partial charge < -0.3 is 14.8 Å². The summed E-state index contributed by atoms with van der Waals surface area (Å²) in [5.41, 5.74) is 3.09. The molecule has 148 valence electrons. The predicted octanol–water partition coefficient (Wildman–Crippen LogP) is 2.86. The largest absolute Gasteiger partial charge is 0.468 e. The summed E-state index contributed by atoms with van der Waals surface area (Å²) in [6, 6.07) is 9.37. The average Bonchev–Trinajstić information content (AvgIpc) is 2.67. The van der Waals surface area contributed by atoms with Crippen LogP contribution in [0, 0.1) is 11.8 Å². The van der Waals surface area contributed by atoms with E-state index >= 15 is 0 Å². The molecule has 3 rings (SSSR count). The van der Waals surface area contributed by atoms with Gasteiger partial charge in [0.25, 0.3) is 0 Å². The quantitative estimate of drug-likeness (QED) is 0.636. The van der Waals surface area contributed by atoms with Gasteiger partial charge in [0.15, 0.2) is 5.78 Å². The van der Waals surface area contributed by atoms with Gasteiger partial charge in [0.1, 0.15) is 5.92 Å². The maximum absolute atomic E-state index is 13.4. The fourth-order valence-corrected chi connectivity index (χ4v) is 4.14. The Kier molecular flexibility index (Phi) is 5.68. The number of allylic oxidation sites excluding steroid dienone is 3. The molecule has 0 saturated heterocycles. The normalized spacial score (nSPS) is 24.4. The number of benzene rings is 1. The van der Waals surface area contributed by atoms with Crippen LogP contribution in [0.4, 0.5) is 0 Å². The first kappa shape index (κ1) is 19.9. The molecule has 28 heavy (non-hydrogen) atoms. The Balaban J connectivity index is 2.17. The van der Waals surface area contributed by atoms with Gasteiger partial charge in [-0.15, -0.1) is 0 Å². The second-order valence-corrected chi connectivity index (χ2v) is 7.17. The monoisotopic (exact) mass is 383 g/mol. The molecule has 2 aliphatic rings. The number of methoxy groups -OCH3 is 1. The van der Waals surface area contributed by atoms with Gasteiger partial charge in [-0.2, -0.15) is 0 Å². The standard InChI is InChI=1S/C22H25NO5/c1-5-28-22(26)17-13(3)23-15-11-12(2)16(21(25)27-4)20(24)19(15)18(17)14-9-7-6-8-10-14/h6-10,12,16,18,23H,5,11H2,1-4H3. The molecule has 1 aliphatic carbocycles. The minimum atomic E-state index is -0.876. The number of dihydropyridines is 1. The molecule has 0 saturated carbocycles. The average molecular weight is 383 g/mol. The molecule has 1 N–H and O–H groups in total. The van der Waals surface area contributed by atoms with E-state index in [4.69, 9.17) is 9.47 Å². The van der Waals surface area contributed by atoms with Gasteiger partial charge in [-0.25, -0.2) is 4.79 Å². The second kappa shape index (κ2) is 8.00. The van der Waals surface area contributed by atoms with E-state index in [9.17, 15) is 14.4 Å². The zero-order valence-electron chi connectivity index (χ0n) is 16.6. The molecule has 3 unspecified atom stereocenters. The molecule has 3 atom stereocenters. The Labute approximate surface area is 164 Å². The van der Waals surface area contributed by atoms with Gasteiger partial charge in [0.2, 0.25) is 0 Å². The highest BCUT2D eigenvalue weighted by molar-refractivity contribution is 6.12. The number of hydrogen-bond donors (Lipinski definition) is 1. The molecule has 0 fully saturated rings. The predicted molar refractivity (Wildman–Crippen MR) is 103 cm³/mol. The molecule has 0 radical (unpaired) electrons. The highest BCUT2D eigenvalue weighted by Crippen LogP contribution is 2.45. The first-order valence-corrected chi connectivity index (χ1v) is 9.45. The van der Waals surface area contributed by atoms with Gasteiger partial charge in [-0.05, 0) is 31.7 Å². The minimum absolute atomic E-state index is 0.195. The van der Waals surface area contributed by atoms with E-state index in [2.05, 4.69) is 5.32 Å². The first-order chi connectivity index (χ1) is 13.4. The number of nitrogens with one attached hydrogen (secondary N) is 1. The maximum Gasteiger partial charge on any atom is 0.336 e. The fourth-order valence-electron chi connectivity index (χ4n) is 4.14. The summed E-state index contributed by atoms with van der Waals surface area (Å²) >= 11 is 0. The van der Waals surface area contributed by atoms with Gasteiger partial charge >= 0.3 is 11.9 Å². The SMILES string of the molecule is CCOC(=O)C1=C(C)NC2=C(C(=O)C(C(=O)OC)C(C)C2)C1c1ccccc1. The van der Waals surface area contributed by atoms with Crippen molar-refractivity contribution in [3.05, 3.63) is 58.4 Å². The van der Waals surface area contributed by atoms with E-state index in [1.807, 2.05) is 44.2 Å². The van der Waals surface area contributed by atoms with Crippen LogP contribution in [0.15, 0.2) is 52.9 Å². The molecule has 0 aromatic heterocycles. The summed E-state index contributed by atoms with van der Waals surface area (Å²) in [6.07, 6.45) is 0.525. The van der Waals surface area contributed by atoms with Crippen molar-refractivity contribution >= 4 is 17.7 Å². The number of hydrogen-bond acceptors (Lipinski definition) is 6. The lowest BCUT2D eigenvalue weighted by atomic mass is 9.69. The summed E-state index contributed by atoms with van der Waals surface area (Å²) in [5, 5.41) is 3.23. The van der Waals surface area contributed by atoms with Gasteiger partial charge in [-0.3, -0.25) is 9.59 Å². The van der Waals surface area contributed by atoms with E-state index in [-0.39, 0.29) is 18.3 Å². The number of carbonyl (C=O) groups excluding carboxylic acids is 3. The van der Waals surface area contributed by atoms with Crippen molar-refractivity contribution in [3.8, 4) is 0 Å². The molecule has 0 bridgehead atoms. The number of rotatable bonds is 4. The van der Waals surface area contributed by atoms with E-state index < -0.39 is 23.8 Å². The van der Waals surface area contributed by atoms with Crippen LogP contribution in [0.2, 0.25) is 0 Å². The van der Waals surface area contributed by atoms with E-state index in [1.54, 1.807) is 6.92 Å². The van der Waals surface area contributed by atoms with Crippen LogP contribution in [-0.4, -0.2) is 31.4 Å². The Morgan fingerprint density at radius 2 is 1.89 bits per heavy atom. The smallest absolute Gasteiger partial charge is 0.336 e. The molecule has 1 heterocycles. The van der Waals surface area contributed by atoms with Crippen molar-refractivity contribution in [2.75, 3.05) is 13.7 Å². The van der Waals surface area contributed by atoms with Gasteiger partial charge in [0.05, 0.1) is 19.3 Å². The van der Waals surface area contributed by atoms with Crippen LogP contribution in [0.1, 0.15) is 38.7 Å². The van der Waals surface area contributed by atoms with Crippen molar-refractivity contribution in [1.29, 1.82) is 0 Å². The van der Waals surface area contributed by atoms with Crippen LogP contribution in [0.5, 0.6) is 0 Å². The van der Waals surface area contributed by atoms with Crippen LogP contribution < -0.4 is 5.32 Å². The van der Waals surface area contributed by atoms with E-state index in [0.717, 1.165) is 11.3 Å². The Bertz CT molecular complexity index is 868. The lowest BCUT2D eigenvalue weighted by Gasteiger charge is -2.38. The van der Waals surface area contributed by atoms with E-state index in [1.165, 1.54) is 7.11 Å². The van der Waals surface area contributed by atoms with Crippen molar-refractivity contribution in [2.24, 2.45) is 11.8 Å². The molecular weight excluding hydrogens is 358 g/mol. The number of esters is 2. The molecule has 0 spiro atoms.